The van der Waals surface area contributed by atoms with E-state index in [4.69, 9.17) is 0 Å². The number of amides is 1. The molecule has 132 valence electrons. The van der Waals surface area contributed by atoms with E-state index < -0.39 is 0 Å². The Kier molecular flexibility index (Phi) is 5.88. The van der Waals surface area contributed by atoms with Crippen molar-refractivity contribution in [3.8, 4) is 0 Å². The third kappa shape index (κ3) is 4.35. The SMILES string of the molecule is O=C(CCC1CCNCC1)NCC1(c2ccc(F)cc2)CCCC1. The van der Waals surface area contributed by atoms with E-state index in [-0.39, 0.29) is 17.1 Å². The van der Waals surface area contributed by atoms with Crippen LogP contribution in [0.5, 0.6) is 0 Å². The van der Waals surface area contributed by atoms with E-state index in [1.807, 2.05) is 12.1 Å². The van der Waals surface area contributed by atoms with Gasteiger partial charge in [-0.25, -0.2) is 4.39 Å². The molecule has 3 nitrogen and oxygen atoms in total. The van der Waals surface area contributed by atoms with Crippen LogP contribution in [0.4, 0.5) is 4.39 Å². The minimum atomic E-state index is -0.196. The van der Waals surface area contributed by atoms with Crippen LogP contribution in [0, 0.1) is 11.7 Å². The summed E-state index contributed by atoms with van der Waals surface area (Å²) in [6.07, 6.45) is 8.52. The summed E-state index contributed by atoms with van der Waals surface area (Å²) in [5.74, 6) is 0.661. The van der Waals surface area contributed by atoms with Gasteiger partial charge >= 0.3 is 0 Å². The molecule has 1 amide bonds. The zero-order chi connectivity index (χ0) is 16.8. The molecular formula is C20H29FN2O. The van der Waals surface area contributed by atoms with Gasteiger partial charge in [-0.05, 0) is 68.8 Å². The van der Waals surface area contributed by atoms with Gasteiger partial charge in [0.1, 0.15) is 5.82 Å². The number of piperidine rings is 1. The van der Waals surface area contributed by atoms with Crippen molar-refractivity contribution in [2.45, 2.75) is 56.8 Å². The van der Waals surface area contributed by atoms with Gasteiger partial charge in [0.25, 0.3) is 0 Å². The maximum Gasteiger partial charge on any atom is 0.220 e. The molecule has 0 atom stereocenters. The number of carbonyl (C=O) groups is 1. The molecule has 1 aromatic rings. The van der Waals surface area contributed by atoms with Gasteiger partial charge in [-0.1, -0.05) is 25.0 Å². The summed E-state index contributed by atoms with van der Waals surface area (Å²) in [7, 11) is 0. The standard InChI is InChI=1S/C20H29FN2O/c21-18-6-4-17(5-7-18)20(11-1-2-12-20)15-23-19(24)8-3-16-9-13-22-14-10-16/h4-7,16,22H,1-3,8-15H2,(H,23,24). The molecule has 0 unspecified atom stereocenters. The van der Waals surface area contributed by atoms with Gasteiger partial charge in [0.05, 0.1) is 0 Å². The molecule has 1 saturated carbocycles. The molecule has 4 heteroatoms. The Morgan fingerprint density at radius 3 is 2.50 bits per heavy atom. The van der Waals surface area contributed by atoms with Crippen molar-refractivity contribution in [3.05, 3.63) is 35.6 Å². The molecular weight excluding hydrogens is 303 g/mol. The molecule has 2 aliphatic rings. The number of carbonyl (C=O) groups excluding carboxylic acids is 1. The van der Waals surface area contributed by atoms with Gasteiger partial charge in [-0.3, -0.25) is 4.79 Å². The highest BCUT2D eigenvalue weighted by Crippen LogP contribution is 2.40. The van der Waals surface area contributed by atoms with Crippen LogP contribution in [0.2, 0.25) is 0 Å². The first-order chi connectivity index (χ1) is 11.7. The van der Waals surface area contributed by atoms with E-state index in [9.17, 15) is 9.18 Å². The van der Waals surface area contributed by atoms with Gasteiger partial charge < -0.3 is 10.6 Å². The molecule has 2 fully saturated rings. The lowest BCUT2D eigenvalue weighted by Gasteiger charge is -2.30. The van der Waals surface area contributed by atoms with Crippen molar-refractivity contribution < 1.29 is 9.18 Å². The number of rotatable bonds is 6. The third-order valence-electron chi connectivity index (χ3n) is 5.88. The summed E-state index contributed by atoms with van der Waals surface area (Å²) in [4.78, 5) is 12.3. The second kappa shape index (κ2) is 8.11. The van der Waals surface area contributed by atoms with E-state index in [1.54, 1.807) is 0 Å². The van der Waals surface area contributed by atoms with Gasteiger partial charge in [0, 0.05) is 18.4 Å². The molecule has 1 aliphatic carbocycles. The maximum atomic E-state index is 13.2. The van der Waals surface area contributed by atoms with Gasteiger partial charge in [0.2, 0.25) is 5.91 Å². The Balaban J connectivity index is 1.52. The Hall–Kier alpha value is -1.42. The van der Waals surface area contributed by atoms with Crippen LogP contribution < -0.4 is 10.6 Å². The summed E-state index contributed by atoms with van der Waals surface area (Å²) in [5.41, 5.74) is 1.16. The highest BCUT2D eigenvalue weighted by molar-refractivity contribution is 5.76. The van der Waals surface area contributed by atoms with Crippen LogP contribution in [0.25, 0.3) is 0 Å². The quantitative estimate of drug-likeness (QED) is 0.837. The first-order valence-electron chi connectivity index (χ1n) is 9.41. The maximum absolute atomic E-state index is 13.2. The predicted octanol–water partition coefficient (Wildman–Crippen LogP) is 3.53. The molecule has 0 aromatic heterocycles. The van der Waals surface area contributed by atoms with Crippen molar-refractivity contribution in [2.24, 2.45) is 5.92 Å². The van der Waals surface area contributed by atoms with Crippen LogP contribution in [0.3, 0.4) is 0 Å². The fraction of sp³-hybridized carbons (Fsp3) is 0.650. The van der Waals surface area contributed by atoms with E-state index in [2.05, 4.69) is 10.6 Å². The van der Waals surface area contributed by atoms with Crippen molar-refractivity contribution in [1.29, 1.82) is 0 Å². The van der Waals surface area contributed by atoms with Crippen molar-refractivity contribution in [2.75, 3.05) is 19.6 Å². The second-order valence-corrected chi connectivity index (χ2v) is 7.50. The lowest BCUT2D eigenvalue weighted by molar-refractivity contribution is -0.121. The van der Waals surface area contributed by atoms with Crippen LogP contribution in [-0.4, -0.2) is 25.5 Å². The van der Waals surface area contributed by atoms with Gasteiger partial charge in [-0.2, -0.15) is 0 Å². The molecule has 1 aliphatic heterocycles. The zero-order valence-corrected chi connectivity index (χ0v) is 14.5. The topological polar surface area (TPSA) is 41.1 Å². The average molecular weight is 332 g/mol. The lowest BCUT2D eigenvalue weighted by Crippen LogP contribution is -2.39. The van der Waals surface area contributed by atoms with Crippen LogP contribution in [0.15, 0.2) is 24.3 Å². The number of hydrogen-bond acceptors (Lipinski definition) is 2. The summed E-state index contributed by atoms with van der Waals surface area (Å²) in [5, 5.41) is 6.53. The Bertz CT molecular complexity index is 531. The molecule has 0 radical (unpaired) electrons. The average Bonchev–Trinajstić information content (AvgIpc) is 3.10. The minimum Gasteiger partial charge on any atom is -0.355 e. The number of hydrogen-bond donors (Lipinski definition) is 2. The highest BCUT2D eigenvalue weighted by atomic mass is 19.1. The van der Waals surface area contributed by atoms with Crippen LogP contribution in [0.1, 0.15) is 56.9 Å². The fourth-order valence-electron chi connectivity index (χ4n) is 4.28. The number of halogens is 1. The van der Waals surface area contributed by atoms with Crippen molar-refractivity contribution in [3.63, 3.8) is 0 Å². The normalized spacial score (nSPS) is 20.9. The molecule has 0 bridgehead atoms. The lowest BCUT2D eigenvalue weighted by atomic mass is 9.78. The fourth-order valence-corrected chi connectivity index (χ4v) is 4.28. The molecule has 1 saturated heterocycles. The summed E-state index contributed by atoms with van der Waals surface area (Å²) < 4.78 is 13.2. The first kappa shape index (κ1) is 17.4. The van der Waals surface area contributed by atoms with E-state index in [0.29, 0.717) is 18.9 Å². The van der Waals surface area contributed by atoms with Crippen molar-refractivity contribution in [1.82, 2.24) is 10.6 Å². The Morgan fingerprint density at radius 1 is 1.17 bits per heavy atom. The smallest absolute Gasteiger partial charge is 0.220 e. The van der Waals surface area contributed by atoms with E-state index in [1.165, 1.54) is 43.4 Å². The summed E-state index contributed by atoms with van der Waals surface area (Å²) >= 11 is 0. The largest absolute Gasteiger partial charge is 0.355 e. The minimum absolute atomic E-state index is 0.00187. The predicted molar refractivity (Wildman–Crippen MR) is 94.4 cm³/mol. The molecule has 0 spiro atoms. The number of benzene rings is 1. The zero-order valence-electron chi connectivity index (χ0n) is 14.5. The van der Waals surface area contributed by atoms with E-state index in [0.717, 1.165) is 32.4 Å². The Morgan fingerprint density at radius 2 is 1.83 bits per heavy atom. The first-order valence-corrected chi connectivity index (χ1v) is 9.41. The monoisotopic (exact) mass is 332 g/mol. The molecule has 1 aromatic carbocycles. The highest BCUT2D eigenvalue weighted by Gasteiger charge is 2.35. The molecule has 2 N–H and O–H groups in total. The molecule has 24 heavy (non-hydrogen) atoms. The number of nitrogens with one attached hydrogen (secondary N) is 2. The van der Waals surface area contributed by atoms with E-state index >= 15 is 0 Å². The van der Waals surface area contributed by atoms with Gasteiger partial charge in [-0.15, -0.1) is 0 Å². The second-order valence-electron chi connectivity index (χ2n) is 7.50. The molecule has 1 heterocycles. The Labute approximate surface area is 144 Å². The molecule has 3 rings (SSSR count). The van der Waals surface area contributed by atoms with Gasteiger partial charge in [0.15, 0.2) is 0 Å². The third-order valence-corrected chi connectivity index (χ3v) is 5.88. The summed E-state index contributed by atoms with van der Waals surface area (Å²) in [6, 6.07) is 6.85. The van der Waals surface area contributed by atoms with Crippen molar-refractivity contribution >= 4 is 5.91 Å². The summed E-state index contributed by atoms with van der Waals surface area (Å²) in [6.45, 7) is 2.85. The van der Waals surface area contributed by atoms with Crippen LogP contribution >= 0.6 is 0 Å². The van der Waals surface area contributed by atoms with Crippen LogP contribution in [-0.2, 0) is 10.2 Å².